The number of pyridine rings is 1. The Balaban J connectivity index is 1.81. The standard InChI is InChI=1S/C20H22N2O2/c1-14(2)15-3-9-19-16(13-15)4-10-20(23)22(19)11-12-24-18-7-5-17(21)6-8-18/h3-10,13-14H,11-12,21H2,1-2H3. The quantitative estimate of drug-likeness (QED) is 0.727. The van der Waals surface area contributed by atoms with Gasteiger partial charge in [-0.05, 0) is 59.3 Å². The molecule has 124 valence electrons. The third kappa shape index (κ3) is 3.43. The van der Waals surface area contributed by atoms with Crippen LogP contribution in [0, 0.1) is 0 Å². The van der Waals surface area contributed by atoms with Crippen molar-refractivity contribution in [2.75, 3.05) is 12.3 Å². The molecule has 2 aromatic carbocycles. The monoisotopic (exact) mass is 322 g/mol. The van der Waals surface area contributed by atoms with Crippen molar-refractivity contribution in [2.45, 2.75) is 26.3 Å². The fourth-order valence-electron chi connectivity index (χ4n) is 2.73. The van der Waals surface area contributed by atoms with Crippen molar-refractivity contribution in [3.63, 3.8) is 0 Å². The fraction of sp³-hybridized carbons (Fsp3) is 0.250. The van der Waals surface area contributed by atoms with Crippen LogP contribution in [0.3, 0.4) is 0 Å². The molecule has 0 atom stereocenters. The molecule has 0 aliphatic heterocycles. The predicted octanol–water partition coefficient (Wildman–Crippen LogP) is 3.79. The maximum absolute atomic E-state index is 12.2. The molecule has 0 radical (unpaired) electrons. The molecule has 1 heterocycles. The Labute approximate surface area is 141 Å². The number of ether oxygens (including phenoxy) is 1. The van der Waals surface area contributed by atoms with Gasteiger partial charge in [0.05, 0.1) is 12.1 Å². The average Bonchev–Trinajstić information content (AvgIpc) is 2.58. The van der Waals surface area contributed by atoms with E-state index in [4.69, 9.17) is 10.5 Å². The molecule has 0 spiro atoms. The third-order valence-electron chi connectivity index (χ3n) is 4.14. The van der Waals surface area contributed by atoms with Gasteiger partial charge in [-0.25, -0.2) is 0 Å². The molecule has 3 rings (SSSR count). The number of aromatic nitrogens is 1. The van der Waals surface area contributed by atoms with Gasteiger partial charge in [0.25, 0.3) is 5.56 Å². The Morgan fingerprint density at radius 3 is 2.50 bits per heavy atom. The molecule has 1 aromatic heterocycles. The molecule has 0 aliphatic carbocycles. The molecular weight excluding hydrogens is 300 g/mol. The van der Waals surface area contributed by atoms with Gasteiger partial charge in [-0.3, -0.25) is 4.79 Å². The molecular formula is C20H22N2O2. The van der Waals surface area contributed by atoms with Crippen molar-refractivity contribution in [2.24, 2.45) is 0 Å². The molecule has 0 fully saturated rings. The van der Waals surface area contributed by atoms with E-state index in [-0.39, 0.29) is 5.56 Å². The number of rotatable bonds is 5. The van der Waals surface area contributed by atoms with Crippen LogP contribution in [0.15, 0.2) is 59.4 Å². The van der Waals surface area contributed by atoms with E-state index in [9.17, 15) is 4.79 Å². The Hall–Kier alpha value is -2.75. The molecule has 4 heteroatoms. The molecule has 0 saturated heterocycles. The normalized spacial score (nSPS) is 11.1. The molecule has 4 nitrogen and oxygen atoms in total. The lowest BCUT2D eigenvalue weighted by Gasteiger charge is -2.13. The minimum Gasteiger partial charge on any atom is -0.492 e. The number of fused-ring (bicyclic) bond motifs is 1. The van der Waals surface area contributed by atoms with E-state index in [1.54, 1.807) is 22.8 Å². The first-order chi connectivity index (χ1) is 11.5. The van der Waals surface area contributed by atoms with E-state index >= 15 is 0 Å². The topological polar surface area (TPSA) is 57.2 Å². The summed E-state index contributed by atoms with van der Waals surface area (Å²) >= 11 is 0. The highest BCUT2D eigenvalue weighted by Gasteiger charge is 2.06. The van der Waals surface area contributed by atoms with Gasteiger partial charge in [-0.2, -0.15) is 0 Å². The van der Waals surface area contributed by atoms with Gasteiger partial charge in [0.2, 0.25) is 0 Å². The highest BCUT2D eigenvalue weighted by molar-refractivity contribution is 5.79. The van der Waals surface area contributed by atoms with Crippen LogP contribution in [0.5, 0.6) is 5.75 Å². The lowest BCUT2D eigenvalue weighted by molar-refractivity contribution is 0.298. The first-order valence-corrected chi connectivity index (χ1v) is 8.16. The van der Waals surface area contributed by atoms with Crippen LogP contribution in [-0.4, -0.2) is 11.2 Å². The van der Waals surface area contributed by atoms with Crippen LogP contribution in [0.4, 0.5) is 5.69 Å². The van der Waals surface area contributed by atoms with Gasteiger partial charge in [0, 0.05) is 11.8 Å². The number of hydrogen-bond donors (Lipinski definition) is 1. The van der Waals surface area contributed by atoms with E-state index in [1.165, 1.54) is 5.56 Å². The van der Waals surface area contributed by atoms with Crippen LogP contribution >= 0.6 is 0 Å². The summed E-state index contributed by atoms with van der Waals surface area (Å²) in [5, 5.41) is 1.08. The molecule has 0 aliphatic rings. The van der Waals surface area contributed by atoms with Crippen LogP contribution in [0.1, 0.15) is 25.3 Å². The Bertz CT molecular complexity index is 896. The van der Waals surface area contributed by atoms with Gasteiger partial charge in [-0.15, -0.1) is 0 Å². The zero-order chi connectivity index (χ0) is 17.1. The second-order valence-electron chi connectivity index (χ2n) is 6.21. The maximum Gasteiger partial charge on any atom is 0.251 e. The minimum atomic E-state index is -0.0132. The summed E-state index contributed by atoms with van der Waals surface area (Å²) in [6, 6.07) is 17.0. The van der Waals surface area contributed by atoms with Crippen LogP contribution in [-0.2, 0) is 6.54 Å². The largest absolute Gasteiger partial charge is 0.492 e. The maximum atomic E-state index is 12.2. The number of benzene rings is 2. The summed E-state index contributed by atoms with van der Waals surface area (Å²) in [5.41, 5.74) is 8.56. The summed E-state index contributed by atoms with van der Waals surface area (Å²) in [5.74, 6) is 1.21. The average molecular weight is 322 g/mol. The van der Waals surface area contributed by atoms with Crippen LogP contribution < -0.4 is 16.0 Å². The molecule has 0 unspecified atom stereocenters. The highest BCUT2D eigenvalue weighted by Crippen LogP contribution is 2.20. The van der Waals surface area contributed by atoms with Gasteiger partial charge in [0.15, 0.2) is 0 Å². The first-order valence-electron chi connectivity index (χ1n) is 8.16. The Kier molecular flexibility index (Phi) is 4.56. The van der Waals surface area contributed by atoms with Crippen LogP contribution in [0.2, 0.25) is 0 Å². The van der Waals surface area contributed by atoms with Crippen molar-refractivity contribution in [3.8, 4) is 5.75 Å². The van der Waals surface area contributed by atoms with E-state index in [0.29, 0.717) is 24.8 Å². The summed E-state index contributed by atoms with van der Waals surface area (Å²) in [4.78, 5) is 12.2. The molecule has 2 N–H and O–H groups in total. The van der Waals surface area contributed by atoms with Crippen molar-refractivity contribution in [3.05, 3.63) is 70.5 Å². The molecule has 3 aromatic rings. The molecule has 0 bridgehead atoms. The van der Waals surface area contributed by atoms with Crippen LogP contribution in [0.25, 0.3) is 10.9 Å². The van der Waals surface area contributed by atoms with E-state index in [1.807, 2.05) is 24.3 Å². The van der Waals surface area contributed by atoms with Gasteiger partial charge < -0.3 is 15.0 Å². The lowest BCUT2D eigenvalue weighted by atomic mass is 10.0. The number of hydrogen-bond acceptors (Lipinski definition) is 3. The van der Waals surface area contributed by atoms with Gasteiger partial charge >= 0.3 is 0 Å². The van der Waals surface area contributed by atoms with Gasteiger partial charge in [0.1, 0.15) is 12.4 Å². The Morgan fingerprint density at radius 2 is 1.79 bits per heavy atom. The summed E-state index contributed by atoms with van der Waals surface area (Å²) in [6.45, 7) is 5.26. The fourth-order valence-corrected chi connectivity index (χ4v) is 2.73. The molecule has 0 saturated carbocycles. The number of anilines is 1. The second kappa shape index (κ2) is 6.79. The van der Waals surface area contributed by atoms with Crippen molar-refractivity contribution >= 4 is 16.6 Å². The zero-order valence-corrected chi connectivity index (χ0v) is 14.0. The smallest absolute Gasteiger partial charge is 0.251 e. The Morgan fingerprint density at radius 1 is 1.04 bits per heavy atom. The van der Waals surface area contributed by atoms with Crippen molar-refractivity contribution in [1.29, 1.82) is 0 Å². The summed E-state index contributed by atoms with van der Waals surface area (Å²) in [6.07, 6.45) is 0. The highest BCUT2D eigenvalue weighted by atomic mass is 16.5. The second-order valence-corrected chi connectivity index (χ2v) is 6.21. The minimum absolute atomic E-state index is 0.0132. The summed E-state index contributed by atoms with van der Waals surface area (Å²) < 4.78 is 7.48. The third-order valence-corrected chi connectivity index (χ3v) is 4.14. The summed E-state index contributed by atoms with van der Waals surface area (Å²) in [7, 11) is 0. The lowest BCUT2D eigenvalue weighted by Crippen LogP contribution is -2.22. The first kappa shape index (κ1) is 16.1. The van der Waals surface area contributed by atoms with Gasteiger partial charge in [-0.1, -0.05) is 19.9 Å². The molecule has 24 heavy (non-hydrogen) atoms. The van der Waals surface area contributed by atoms with Crippen molar-refractivity contribution < 1.29 is 4.74 Å². The number of nitrogens with zero attached hydrogens (tertiary/aromatic N) is 1. The number of nitrogen functional groups attached to an aromatic ring is 1. The van der Waals surface area contributed by atoms with E-state index < -0.39 is 0 Å². The predicted molar refractivity (Wildman–Crippen MR) is 98.6 cm³/mol. The molecule has 0 amide bonds. The van der Waals surface area contributed by atoms with E-state index in [2.05, 4.69) is 26.0 Å². The van der Waals surface area contributed by atoms with Crippen molar-refractivity contribution in [1.82, 2.24) is 4.57 Å². The zero-order valence-electron chi connectivity index (χ0n) is 14.0. The SMILES string of the molecule is CC(C)c1ccc2c(ccc(=O)n2CCOc2ccc(N)cc2)c1. The number of nitrogens with two attached hydrogens (primary N) is 1. The van der Waals surface area contributed by atoms with E-state index in [0.717, 1.165) is 16.7 Å².